The Kier molecular flexibility index (Phi) is 3.56. The zero-order chi connectivity index (χ0) is 12.3. The van der Waals surface area contributed by atoms with Crippen molar-refractivity contribution in [3.05, 3.63) is 29.6 Å². The van der Waals surface area contributed by atoms with E-state index in [1.165, 1.54) is 6.07 Å². The van der Waals surface area contributed by atoms with Crippen LogP contribution in [0.1, 0.15) is 32.4 Å². The van der Waals surface area contributed by atoms with E-state index in [1.807, 2.05) is 20.8 Å². The van der Waals surface area contributed by atoms with Gasteiger partial charge in [-0.2, -0.15) is 0 Å². The highest BCUT2D eigenvalue weighted by Gasteiger charge is 2.19. The molecule has 0 saturated carbocycles. The van der Waals surface area contributed by atoms with E-state index < -0.39 is 11.4 Å². The first-order valence-electron chi connectivity index (χ1n) is 5.09. The van der Waals surface area contributed by atoms with Gasteiger partial charge in [0.05, 0.1) is 5.54 Å². The van der Waals surface area contributed by atoms with Gasteiger partial charge in [0.2, 0.25) is 0 Å². The van der Waals surface area contributed by atoms with Crippen molar-refractivity contribution in [3.63, 3.8) is 0 Å². The molecule has 0 saturated heterocycles. The first-order chi connectivity index (χ1) is 7.35. The zero-order valence-corrected chi connectivity index (χ0v) is 9.71. The summed E-state index contributed by atoms with van der Waals surface area (Å²) in [5.74, 6) is 2.09. The molecule has 1 rings (SSSR count). The van der Waals surface area contributed by atoms with Crippen molar-refractivity contribution in [1.29, 1.82) is 0 Å². The third kappa shape index (κ3) is 2.98. The molecule has 1 aromatic carbocycles. The highest BCUT2D eigenvalue weighted by molar-refractivity contribution is 5.35. The van der Waals surface area contributed by atoms with Crippen LogP contribution >= 0.6 is 0 Å². The molecule has 0 aliphatic carbocycles. The zero-order valence-electron chi connectivity index (χ0n) is 9.71. The van der Waals surface area contributed by atoms with E-state index in [-0.39, 0.29) is 11.8 Å². The minimum absolute atomic E-state index is 0.0622. The van der Waals surface area contributed by atoms with Gasteiger partial charge in [-0.1, -0.05) is 12.0 Å². The number of phenols is 1. The molecule has 0 heterocycles. The third-order valence-electron chi connectivity index (χ3n) is 2.40. The molecule has 1 atom stereocenters. The maximum Gasteiger partial charge on any atom is 0.126 e. The van der Waals surface area contributed by atoms with Crippen LogP contribution in [0.3, 0.4) is 0 Å². The molecule has 2 nitrogen and oxygen atoms in total. The molecule has 0 amide bonds. The van der Waals surface area contributed by atoms with Crippen molar-refractivity contribution in [2.24, 2.45) is 0 Å². The number of rotatable bonds is 3. The summed E-state index contributed by atoms with van der Waals surface area (Å²) in [4.78, 5) is 0. The predicted molar refractivity (Wildman–Crippen MR) is 62.5 cm³/mol. The van der Waals surface area contributed by atoms with Crippen molar-refractivity contribution in [1.82, 2.24) is 5.32 Å². The summed E-state index contributed by atoms with van der Waals surface area (Å²) in [6.45, 7) is 5.60. The van der Waals surface area contributed by atoms with Crippen molar-refractivity contribution in [2.75, 3.05) is 0 Å². The normalized spacial score (nSPS) is 13.2. The van der Waals surface area contributed by atoms with E-state index in [9.17, 15) is 9.50 Å². The average molecular weight is 221 g/mol. The molecule has 0 radical (unpaired) electrons. The van der Waals surface area contributed by atoms with Crippen LogP contribution in [0.5, 0.6) is 5.75 Å². The summed E-state index contributed by atoms with van der Waals surface area (Å²) in [6, 6.07) is 3.81. The number of nitrogens with one attached hydrogen (secondary N) is 1. The molecule has 0 aromatic heterocycles. The van der Waals surface area contributed by atoms with E-state index >= 15 is 0 Å². The van der Waals surface area contributed by atoms with Gasteiger partial charge in [-0.05, 0) is 26.8 Å². The second kappa shape index (κ2) is 4.54. The fourth-order valence-electron chi connectivity index (χ4n) is 1.54. The number of phenolic OH excluding ortho intramolecular Hbond substituents is 1. The van der Waals surface area contributed by atoms with Gasteiger partial charge in [0.15, 0.2) is 0 Å². The Bertz CT molecular complexity index is 420. The van der Waals surface area contributed by atoms with Gasteiger partial charge < -0.3 is 5.11 Å². The highest BCUT2D eigenvalue weighted by atomic mass is 19.1. The van der Waals surface area contributed by atoms with Gasteiger partial charge in [-0.15, -0.1) is 6.42 Å². The lowest BCUT2D eigenvalue weighted by molar-refractivity contribution is 0.407. The minimum atomic E-state index is -0.472. The number of halogens is 1. The van der Waals surface area contributed by atoms with Crippen molar-refractivity contribution < 1.29 is 9.50 Å². The van der Waals surface area contributed by atoms with Crippen LogP contribution in [-0.2, 0) is 0 Å². The Morgan fingerprint density at radius 1 is 1.50 bits per heavy atom. The van der Waals surface area contributed by atoms with Crippen LogP contribution in [-0.4, -0.2) is 10.6 Å². The Balaban J connectivity index is 2.90. The average Bonchev–Trinajstić information content (AvgIpc) is 2.16. The quantitative estimate of drug-likeness (QED) is 0.769. The molecule has 0 fully saturated rings. The summed E-state index contributed by atoms with van der Waals surface area (Å²) in [5.41, 5.74) is 0.157. The first kappa shape index (κ1) is 12.5. The molecule has 0 bridgehead atoms. The van der Waals surface area contributed by atoms with Gasteiger partial charge in [-0.25, -0.2) is 4.39 Å². The molecule has 1 aromatic rings. The standard InChI is InChI=1S/C13H16FNO/c1-5-13(3,4)15-9(2)11-7-6-10(14)8-12(11)16/h1,6-9,15-16H,2-4H3. The van der Waals surface area contributed by atoms with Crippen LogP contribution in [0.2, 0.25) is 0 Å². The summed E-state index contributed by atoms with van der Waals surface area (Å²) < 4.78 is 12.8. The summed E-state index contributed by atoms with van der Waals surface area (Å²) in [7, 11) is 0. The number of aromatic hydroxyl groups is 1. The van der Waals surface area contributed by atoms with Crippen molar-refractivity contribution in [2.45, 2.75) is 32.4 Å². The smallest absolute Gasteiger partial charge is 0.126 e. The van der Waals surface area contributed by atoms with Crippen molar-refractivity contribution >= 4 is 0 Å². The molecule has 2 N–H and O–H groups in total. The SMILES string of the molecule is C#CC(C)(C)NC(C)c1ccc(F)cc1O. The lowest BCUT2D eigenvalue weighted by Gasteiger charge is -2.25. The number of hydrogen-bond acceptors (Lipinski definition) is 2. The maximum atomic E-state index is 12.8. The number of benzene rings is 1. The molecule has 1 unspecified atom stereocenters. The minimum Gasteiger partial charge on any atom is -0.508 e. The van der Waals surface area contributed by atoms with Gasteiger partial charge in [0, 0.05) is 17.7 Å². The first-order valence-corrected chi connectivity index (χ1v) is 5.09. The summed E-state index contributed by atoms with van der Waals surface area (Å²) in [5, 5.41) is 12.8. The summed E-state index contributed by atoms with van der Waals surface area (Å²) >= 11 is 0. The van der Waals surface area contributed by atoms with Crippen molar-refractivity contribution in [3.8, 4) is 18.1 Å². The number of terminal acetylenes is 1. The number of hydrogen-bond donors (Lipinski definition) is 2. The van der Waals surface area contributed by atoms with Gasteiger partial charge in [0.25, 0.3) is 0 Å². The molecule has 3 heteroatoms. The topological polar surface area (TPSA) is 32.3 Å². The summed E-state index contributed by atoms with van der Waals surface area (Å²) in [6.07, 6.45) is 5.36. The van der Waals surface area contributed by atoms with Crippen LogP contribution < -0.4 is 5.32 Å². The highest BCUT2D eigenvalue weighted by Crippen LogP contribution is 2.26. The monoisotopic (exact) mass is 221 g/mol. The Morgan fingerprint density at radius 2 is 2.12 bits per heavy atom. The Labute approximate surface area is 95.5 Å². The molecular weight excluding hydrogens is 205 g/mol. The van der Waals surface area contributed by atoms with Crippen LogP contribution in [0.4, 0.5) is 4.39 Å². The molecule has 0 aliphatic heterocycles. The fourth-order valence-corrected chi connectivity index (χ4v) is 1.54. The van der Waals surface area contributed by atoms with Gasteiger partial charge in [0.1, 0.15) is 11.6 Å². The molecule has 86 valence electrons. The molecule has 0 aliphatic rings. The second-order valence-electron chi connectivity index (χ2n) is 4.34. The Hall–Kier alpha value is -1.53. The van der Waals surface area contributed by atoms with E-state index in [0.717, 1.165) is 6.07 Å². The second-order valence-corrected chi connectivity index (χ2v) is 4.34. The fraction of sp³-hybridized carbons (Fsp3) is 0.385. The van der Waals surface area contributed by atoms with Gasteiger partial charge >= 0.3 is 0 Å². The van der Waals surface area contributed by atoms with Crippen LogP contribution in [0.15, 0.2) is 18.2 Å². The Morgan fingerprint density at radius 3 is 2.62 bits per heavy atom. The van der Waals surface area contributed by atoms with Crippen LogP contribution in [0, 0.1) is 18.2 Å². The van der Waals surface area contributed by atoms with E-state index in [2.05, 4.69) is 11.2 Å². The van der Waals surface area contributed by atoms with Gasteiger partial charge in [-0.3, -0.25) is 5.32 Å². The van der Waals surface area contributed by atoms with E-state index in [1.54, 1.807) is 6.07 Å². The third-order valence-corrected chi connectivity index (χ3v) is 2.40. The molecular formula is C13H16FNO. The molecule has 0 spiro atoms. The predicted octanol–water partition coefficient (Wildman–Crippen LogP) is 2.59. The maximum absolute atomic E-state index is 12.8. The van der Waals surface area contributed by atoms with E-state index in [4.69, 9.17) is 6.42 Å². The molecule has 16 heavy (non-hydrogen) atoms. The lowest BCUT2D eigenvalue weighted by Crippen LogP contribution is -2.39. The largest absolute Gasteiger partial charge is 0.508 e. The van der Waals surface area contributed by atoms with E-state index in [0.29, 0.717) is 5.56 Å². The lowest BCUT2D eigenvalue weighted by atomic mass is 10.0. The van der Waals surface area contributed by atoms with Crippen LogP contribution in [0.25, 0.3) is 0 Å².